The van der Waals surface area contributed by atoms with Gasteiger partial charge < -0.3 is 0 Å². The second kappa shape index (κ2) is 7.11. The van der Waals surface area contributed by atoms with Crippen LogP contribution in [-0.4, -0.2) is 5.78 Å². The standard InChI is InChI=1S/C12H24O/c1-5-7-11(4)12(13)9-6-8-10(2)3/h10-11H,5-9H2,1-4H3/t11-/m0/s1. The van der Waals surface area contributed by atoms with E-state index < -0.39 is 0 Å². The smallest absolute Gasteiger partial charge is 0.135 e. The minimum absolute atomic E-state index is 0.289. The van der Waals surface area contributed by atoms with Gasteiger partial charge in [-0.2, -0.15) is 0 Å². The lowest BCUT2D eigenvalue weighted by Gasteiger charge is -2.09. The Morgan fingerprint density at radius 1 is 1.15 bits per heavy atom. The zero-order chi connectivity index (χ0) is 10.3. The van der Waals surface area contributed by atoms with E-state index in [2.05, 4.69) is 27.7 Å². The topological polar surface area (TPSA) is 17.1 Å². The van der Waals surface area contributed by atoms with Gasteiger partial charge in [-0.3, -0.25) is 4.79 Å². The van der Waals surface area contributed by atoms with Crippen molar-refractivity contribution in [3.05, 3.63) is 0 Å². The maximum atomic E-state index is 11.5. The molecule has 0 aliphatic rings. The molecule has 0 fully saturated rings. The molecule has 0 aliphatic carbocycles. The lowest BCUT2D eigenvalue weighted by Crippen LogP contribution is -2.10. The Morgan fingerprint density at radius 2 is 1.77 bits per heavy atom. The van der Waals surface area contributed by atoms with Crippen molar-refractivity contribution in [2.24, 2.45) is 11.8 Å². The average Bonchev–Trinajstić information content (AvgIpc) is 2.04. The molecule has 0 N–H and O–H groups in total. The fourth-order valence-electron chi connectivity index (χ4n) is 1.52. The third kappa shape index (κ3) is 6.80. The first-order chi connectivity index (χ1) is 6.07. The van der Waals surface area contributed by atoms with Gasteiger partial charge in [-0.05, 0) is 18.8 Å². The fourth-order valence-corrected chi connectivity index (χ4v) is 1.52. The van der Waals surface area contributed by atoms with E-state index in [0.29, 0.717) is 5.78 Å². The van der Waals surface area contributed by atoms with E-state index in [1.165, 1.54) is 6.42 Å². The molecule has 0 aliphatic heterocycles. The summed E-state index contributed by atoms with van der Waals surface area (Å²) in [7, 11) is 0. The number of rotatable bonds is 7. The first kappa shape index (κ1) is 12.7. The summed E-state index contributed by atoms with van der Waals surface area (Å²) in [6, 6.07) is 0. The van der Waals surface area contributed by atoms with Gasteiger partial charge in [-0.15, -0.1) is 0 Å². The van der Waals surface area contributed by atoms with Crippen LogP contribution in [0.25, 0.3) is 0 Å². The van der Waals surface area contributed by atoms with E-state index >= 15 is 0 Å². The van der Waals surface area contributed by atoms with E-state index in [9.17, 15) is 4.79 Å². The minimum Gasteiger partial charge on any atom is -0.299 e. The third-order valence-electron chi connectivity index (χ3n) is 2.48. The van der Waals surface area contributed by atoms with Crippen molar-refractivity contribution in [3.8, 4) is 0 Å². The van der Waals surface area contributed by atoms with E-state index in [-0.39, 0.29) is 5.92 Å². The van der Waals surface area contributed by atoms with E-state index in [0.717, 1.165) is 31.6 Å². The summed E-state index contributed by atoms with van der Waals surface area (Å²) in [5.41, 5.74) is 0. The molecule has 0 saturated heterocycles. The van der Waals surface area contributed by atoms with Crippen LogP contribution in [-0.2, 0) is 4.79 Å². The highest BCUT2D eigenvalue weighted by molar-refractivity contribution is 5.80. The fraction of sp³-hybridized carbons (Fsp3) is 0.917. The molecule has 0 aromatic rings. The van der Waals surface area contributed by atoms with Gasteiger partial charge in [0, 0.05) is 12.3 Å². The zero-order valence-corrected chi connectivity index (χ0v) is 9.60. The molecule has 0 radical (unpaired) electrons. The number of carbonyl (C=O) groups is 1. The Kier molecular flexibility index (Phi) is 6.93. The maximum absolute atomic E-state index is 11.5. The predicted molar refractivity (Wildman–Crippen MR) is 57.8 cm³/mol. The molecule has 1 heteroatoms. The first-order valence-electron chi connectivity index (χ1n) is 5.60. The summed E-state index contributed by atoms with van der Waals surface area (Å²) in [5, 5.41) is 0. The Hall–Kier alpha value is -0.330. The van der Waals surface area contributed by atoms with E-state index in [1.54, 1.807) is 0 Å². The van der Waals surface area contributed by atoms with Crippen LogP contribution >= 0.6 is 0 Å². The second-order valence-corrected chi connectivity index (χ2v) is 4.44. The molecule has 1 atom stereocenters. The van der Waals surface area contributed by atoms with Crippen molar-refractivity contribution in [1.82, 2.24) is 0 Å². The molecule has 78 valence electrons. The first-order valence-corrected chi connectivity index (χ1v) is 5.60. The molecule has 0 heterocycles. The van der Waals surface area contributed by atoms with Gasteiger partial charge in [0.2, 0.25) is 0 Å². The van der Waals surface area contributed by atoms with Gasteiger partial charge in [0.1, 0.15) is 5.78 Å². The average molecular weight is 184 g/mol. The quantitative estimate of drug-likeness (QED) is 0.588. The summed E-state index contributed by atoms with van der Waals surface area (Å²) < 4.78 is 0. The van der Waals surface area contributed by atoms with Gasteiger partial charge in [0.25, 0.3) is 0 Å². The van der Waals surface area contributed by atoms with Crippen LogP contribution in [0.5, 0.6) is 0 Å². The summed E-state index contributed by atoms with van der Waals surface area (Å²) in [4.78, 5) is 11.5. The van der Waals surface area contributed by atoms with Crippen LogP contribution in [0.4, 0.5) is 0 Å². The van der Waals surface area contributed by atoms with Crippen LogP contribution in [0.1, 0.15) is 59.8 Å². The molecule has 0 spiro atoms. The molecule has 0 aromatic carbocycles. The number of Topliss-reactive ketones (excluding diaryl/α,β-unsaturated/α-hetero) is 1. The normalized spacial score (nSPS) is 13.3. The van der Waals surface area contributed by atoms with Crippen molar-refractivity contribution in [2.75, 3.05) is 0 Å². The molecule has 0 unspecified atom stereocenters. The summed E-state index contributed by atoms with van der Waals surface area (Å²) in [6.07, 6.45) is 5.23. The Balaban J connectivity index is 3.50. The zero-order valence-electron chi connectivity index (χ0n) is 9.60. The lowest BCUT2D eigenvalue weighted by atomic mass is 9.95. The van der Waals surface area contributed by atoms with Gasteiger partial charge >= 0.3 is 0 Å². The van der Waals surface area contributed by atoms with Crippen molar-refractivity contribution in [2.45, 2.75) is 59.8 Å². The Labute approximate surface area is 82.9 Å². The summed E-state index contributed by atoms with van der Waals surface area (Å²) >= 11 is 0. The number of hydrogen-bond acceptors (Lipinski definition) is 1. The number of hydrogen-bond donors (Lipinski definition) is 0. The van der Waals surface area contributed by atoms with Gasteiger partial charge in [0.05, 0.1) is 0 Å². The number of carbonyl (C=O) groups excluding carboxylic acids is 1. The third-order valence-corrected chi connectivity index (χ3v) is 2.48. The highest BCUT2D eigenvalue weighted by atomic mass is 16.1. The summed E-state index contributed by atoms with van der Waals surface area (Å²) in [5.74, 6) is 1.48. The molecule has 13 heavy (non-hydrogen) atoms. The van der Waals surface area contributed by atoms with Gasteiger partial charge in [0.15, 0.2) is 0 Å². The largest absolute Gasteiger partial charge is 0.299 e. The highest BCUT2D eigenvalue weighted by Gasteiger charge is 2.10. The Bertz CT molecular complexity index is 138. The molecular formula is C12H24O. The molecule has 0 amide bonds. The highest BCUT2D eigenvalue weighted by Crippen LogP contribution is 2.13. The second-order valence-electron chi connectivity index (χ2n) is 4.44. The van der Waals surface area contributed by atoms with E-state index in [1.807, 2.05) is 0 Å². The van der Waals surface area contributed by atoms with Crippen LogP contribution in [0, 0.1) is 11.8 Å². The van der Waals surface area contributed by atoms with Crippen molar-refractivity contribution >= 4 is 5.78 Å². The summed E-state index contributed by atoms with van der Waals surface area (Å²) in [6.45, 7) is 8.61. The van der Waals surface area contributed by atoms with Crippen LogP contribution in [0.3, 0.4) is 0 Å². The van der Waals surface area contributed by atoms with Gasteiger partial charge in [-0.25, -0.2) is 0 Å². The maximum Gasteiger partial charge on any atom is 0.135 e. The minimum atomic E-state index is 0.289. The molecule has 0 saturated carbocycles. The molecule has 0 rings (SSSR count). The molecule has 1 nitrogen and oxygen atoms in total. The number of ketones is 1. The van der Waals surface area contributed by atoms with Crippen LogP contribution in [0.2, 0.25) is 0 Å². The molecule has 0 bridgehead atoms. The monoisotopic (exact) mass is 184 g/mol. The lowest BCUT2D eigenvalue weighted by molar-refractivity contribution is -0.122. The van der Waals surface area contributed by atoms with Gasteiger partial charge in [-0.1, -0.05) is 40.5 Å². The van der Waals surface area contributed by atoms with Crippen LogP contribution in [0.15, 0.2) is 0 Å². The Morgan fingerprint density at radius 3 is 2.23 bits per heavy atom. The van der Waals surface area contributed by atoms with E-state index in [4.69, 9.17) is 0 Å². The molecule has 0 aromatic heterocycles. The SMILES string of the molecule is CCC[C@H](C)C(=O)CCCC(C)C. The van der Waals surface area contributed by atoms with Crippen molar-refractivity contribution in [3.63, 3.8) is 0 Å². The van der Waals surface area contributed by atoms with Crippen molar-refractivity contribution in [1.29, 1.82) is 0 Å². The van der Waals surface area contributed by atoms with Crippen molar-refractivity contribution < 1.29 is 4.79 Å². The van der Waals surface area contributed by atoms with Crippen LogP contribution < -0.4 is 0 Å². The predicted octanol–water partition coefficient (Wildman–Crippen LogP) is 3.82. The molecular weight excluding hydrogens is 160 g/mol.